The molecule has 0 aromatic rings. The quantitative estimate of drug-likeness (QED) is 0.569. The van der Waals surface area contributed by atoms with Crippen molar-refractivity contribution in [2.24, 2.45) is 0 Å². The van der Waals surface area contributed by atoms with Gasteiger partial charge in [0.2, 0.25) is 0 Å². The lowest BCUT2D eigenvalue weighted by atomic mass is 9.94. The van der Waals surface area contributed by atoms with E-state index in [-0.39, 0.29) is 5.60 Å². The normalized spacial score (nSPS) is 29.4. The van der Waals surface area contributed by atoms with Crippen molar-refractivity contribution in [1.82, 2.24) is 0 Å². The van der Waals surface area contributed by atoms with Crippen molar-refractivity contribution < 1.29 is 4.74 Å². The summed E-state index contributed by atoms with van der Waals surface area (Å²) in [6.07, 6.45) is 6.39. The summed E-state index contributed by atoms with van der Waals surface area (Å²) in [5.74, 6) is 0. The molecule has 0 aromatic carbocycles. The van der Waals surface area contributed by atoms with Crippen LogP contribution >= 0.6 is 0 Å². The third kappa shape index (κ3) is 1.69. The van der Waals surface area contributed by atoms with Gasteiger partial charge in [-0.15, -0.1) is 0 Å². The van der Waals surface area contributed by atoms with E-state index >= 15 is 0 Å². The first-order chi connectivity index (χ1) is 5.20. The van der Waals surface area contributed by atoms with E-state index in [1.54, 1.807) is 13.2 Å². The Morgan fingerprint density at radius 1 is 1.73 bits per heavy atom. The number of nitrogens with zero attached hydrogens (tertiary/aromatic N) is 1. The SMILES string of the molecule is CO[C@@]1(C)C=CC(C#N)=CC1. The third-order valence-corrected chi connectivity index (χ3v) is 1.94. The molecule has 0 aliphatic heterocycles. The van der Waals surface area contributed by atoms with E-state index in [0.29, 0.717) is 0 Å². The van der Waals surface area contributed by atoms with Crippen molar-refractivity contribution >= 4 is 0 Å². The number of ether oxygens (including phenoxy) is 1. The first-order valence-corrected chi connectivity index (χ1v) is 3.55. The summed E-state index contributed by atoms with van der Waals surface area (Å²) in [7, 11) is 1.68. The first kappa shape index (κ1) is 8.03. The molecule has 0 saturated heterocycles. The molecular weight excluding hydrogens is 138 g/mol. The van der Waals surface area contributed by atoms with Gasteiger partial charge in [0.05, 0.1) is 11.7 Å². The van der Waals surface area contributed by atoms with Gasteiger partial charge >= 0.3 is 0 Å². The maximum Gasteiger partial charge on any atom is 0.0988 e. The molecule has 1 atom stereocenters. The van der Waals surface area contributed by atoms with E-state index in [9.17, 15) is 0 Å². The molecule has 0 saturated carbocycles. The van der Waals surface area contributed by atoms with Crippen LogP contribution in [0.15, 0.2) is 23.8 Å². The monoisotopic (exact) mass is 149 g/mol. The van der Waals surface area contributed by atoms with E-state index in [4.69, 9.17) is 10.00 Å². The predicted molar refractivity (Wildman–Crippen MR) is 42.9 cm³/mol. The number of allylic oxidation sites excluding steroid dienone is 2. The van der Waals surface area contributed by atoms with Crippen molar-refractivity contribution in [3.8, 4) is 6.07 Å². The third-order valence-electron chi connectivity index (χ3n) is 1.94. The largest absolute Gasteiger partial charge is 0.374 e. The molecule has 0 unspecified atom stereocenters. The molecule has 0 radical (unpaired) electrons. The van der Waals surface area contributed by atoms with Crippen molar-refractivity contribution in [3.05, 3.63) is 23.8 Å². The lowest BCUT2D eigenvalue weighted by molar-refractivity contribution is 0.0504. The summed E-state index contributed by atoms with van der Waals surface area (Å²) in [4.78, 5) is 0. The van der Waals surface area contributed by atoms with Gasteiger partial charge in [-0.25, -0.2) is 0 Å². The highest BCUT2D eigenvalue weighted by Crippen LogP contribution is 2.22. The topological polar surface area (TPSA) is 33.0 Å². The molecule has 11 heavy (non-hydrogen) atoms. The summed E-state index contributed by atoms with van der Waals surface area (Å²) >= 11 is 0. The Balaban J connectivity index is 2.73. The molecule has 0 fully saturated rings. The molecule has 2 nitrogen and oxygen atoms in total. The van der Waals surface area contributed by atoms with Crippen molar-refractivity contribution in [2.45, 2.75) is 18.9 Å². The van der Waals surface area contributed by atoms with Crippen LogP contribution in [0.2, 0.25) is 0 Å². The molecule has 0 aromatic heterocycles. The van der Waals surface area contributed by atoms with Gasteiger partial charge in [-0.2, -0.15) is 5.26 Å². The second-order valence-electron chi connectivity index (χ2n) is 2.83. The van der Waals surface area contributed by atoms with Gasteiger partial charge in [0, 0.05) is 12.7 Å². The standard InChI is InChI=1S/C9H11NO/c1-9(11-2)5-3-8(7-10)4-6-9/h3-5H,6H2,1-2H3/t9-/m0/s1. The number of nitriles is 1. The van der Waals surface area contributed by atoms with Crippen LogP contribution in [0.3, 0.4) is 0 Å². The zero-order valence-electron chi connectivity index (χ0n) is 6.79. The van der Waals surface area contributed by atoms with E-state index in [2.05, 4.69) is 6.07 Å². The van der Waals surface area contributed by atoms with Crippen LogP contribution in [0.1, 0.15) is 13.3 Å². The molecule has 2 heteroatoms. The summed E-state index contributed by atoms with van der Waals surface area (Å²) in [5, 5.41) is 8.52. The molecule has 0 heterocycles. The number of rotatable bonds is 1. The highest BCUT2D eigenvalue weighted by atomic mass is 16.5. The zero-order valence-corrected chi connectivity index (χ0v) is 6.79. The van der Waals surface area contributed by atoms with Crippen molar-refractivity contribution in [1.29, 1.82) is 5.26 Å². The molecule has 0 amide bonds. The summed E-state index contributed by atoms with van der Waals surface area (Å²) in [6, 6.07) is 2.08. The Morgan fingerprint density at radius 3 is 2.82 bits per heavy atom. The average molecular weight is 149 g/mol. The van der Waals surface area contributed by atoms with Crippen LogP contribution in [0.5, 0.6) is 0 Å². The first-order valence-electron chi connectivity index (χ1n) is 3.55. The Bertz CT molecular complexity index is 247. The van der Waals surface area contributed by atoms with Crippen LogP contribution < -0.4 is 0 Å². The minimum atomic E-state index is -0.208. The second-order valence-corrected chi connectivity index (χ2v) is 2.83. The fraction of sp³-hybridized carbons (Fsp3) is 0.444. The Hall–Kier alpha value is -1.07. The van der Waals surface area contributed by atoms with Crippen molar-refractivity contribution in [3.63, 3.8) is 0 Å². The van der Waals surface area contributed by atoms with Crippen LogP contribution in [-0.4, -0.2) is 12.7 Å². The van der Waals surface area contributed by atoms with Gasteiger partial charge in [-0.3, -0.25) is 0 Å². The molecule has 1 rings (SSSR count). The smallest absolute Gasteiger partial charge is 0.0988 e. The molecule has 1 aliphatic rings. The highest BCUT2D eigenvalue weighted by Gasteiger charge is 2.20. The fourth-order valence-corrected chi connectivity index (χ4v) is 0.949. The van der Waals surface area contributed by atoms with Crippen molar-refractivity contribution in [2.75, 3.05) is 7.11 Å². The summed E-state index contributed by atoms with van der Waals surface area (Å²) < 4.78 is 5.23. The van der Waals surface area contributed by atoms with E-state index < -0.39 is 0 Å². The zero-order chi connectivity index (χ0) is 8.32. The minimum Gasteiger partial charge on any atom is -0.374 e. The van der Waals surface area contributed by atoms with Crippen LogP contribution in [0.4, 0.5) is 0 Å². The van der Waals surface area contributed by atoms with E-state index in [0.717, 1.165) is 12.0 Å². The summed E-state index contributed by atoms with van der Waals surface area (Å²) in [6.45, 7) is 1.99. The second kappa shape index (κ2) is 2.89. The Morgan fingerprint density at radius 2 is 2.45 bits per heavy atom. The van der Waals surface area contributed by atoms with Crippen LogP contribution in [-0.2, 0) is 4.74 Å². The van der Waals surface area contributed by atoms with Crippen LogP contribution in [0, 0.1) is 11.3 Å². The fourth-order valence-electron chi connectivity index (χ4n) is 0.949. The van der Waals surface area contributed by atoms with Gasteiger partial charge in [-0.05, 0) is 19.4 Å². The number of hydrogen-bond donors (Lipinski definition) is 0. The number of methoxy groups -OCH3 is 1. The lowest BCUT2D eigenvalue weighted by Crippen LogP contribution is -2.24. The maximum absolute atomic E-state index is 8.52. The van der Waals surface area contributed by atoms with Gasteiger partial charge in [0.15, 0.2) is 0 Å². The molecule has 1 aliphatic carbocycles. The Labute approximate surface area is 66.8 Å². The lowest BCUT2D eigenvalue weighted by Gasteiger charge is -2.24. The summed E-state index contributed by atoms with van der Waals surface area (Å²) in [5.41, 5.74) is 0.514. The predicted octanol–water partition coefficient (Wildman–Crippen LogP) is 1.80. The van der Waals surface area contributed by atoms with Crippen LogP contribution in [0.25, 0.3) is 0 Å². The van der Waals surface area contributed by atoms with E-state index in [1.807, 2.05) is 19.1 Å². The average Bonchev–Trinajstić information content (AvgIpc) is 2.06. The molecule has 0 N–H and O–H groups in total. The molecular formula is C9H11NO. The minimum absolute atomic E-state index is 0.208. The van der Waals surface area contributed by atoms with Gasteiger partial charge in [-0.1, -0.05) is 12.2 Å². The van der Waals surface area contributed by atoms with Gasteiger partial charge in [0.25, 0.3) is 0 Å². The maximum atomic E-state index is 8.52. The Kier molecular flexibility index (Phi) is 2.11. The number of hydrogen-bond acceptors (Lipinski definition) is 2. The molecule has 0 spiro atoms. The highest BCUT2D eigenvalue weighted by molar-refractivity contribution is 5.37. The molecule has 58 valence electrons. The van der Waals surface area contributed by atoms with E-state index in [1.165, 1.54) is 0 Å². The molecule has 0 bridgehead atoms. The van der Waals surface area contributed by atoms with Gasteiger partial charge < -0.3 is 4.74 Å². The van der Waals surface area contributed by atoms with Gasteiger partial charge in [0.1, 0.15) is 0 Å².